The zero-order valence-corrected chi connectivity index (χ0v) is 11.3. The third kappa shape index (κ3) is 3.17. The molecular formula is C15H16ClNO. The molecular weight excluding hydrogens is 246 g/mol. The molecule has 3 heteroatoms. The highest BCUT2D eigenvalue weighted by atomic mass is 35.5. The first-order valence-electron chi connectivity index (χ1n) is 5.82. The minimum atomic E-state index is 0.778. The molecule has 2 aromatic carbocycles. The molecule has 0 saturated carbocycles. The van der Waals surface area contributed by atoms with Gasteiger partial charge in [0, 0.05) is 17.3 Å². The Balaban J connectivity index is 2.02. The monoisotopic (exact) mass is 261 g/mol. The van der Waals surface area contributed by atoms with Crippen LogP contribution in [0.15, 0.2) is 42.5 Å². The zero-order valence-electron chi connectivity index (χ0n) is 10.5. The number of anilines is 1. The molecule has 2 rings (SSSR count). The van der Waals surface area contributed by atoms with Gasteiger partial charge < -0.3 is 10.1 Å². The summed E-state index contributed by atoms with van der Waals surface area (Å²) in [5.41, 5.74) is 3.52. The van der Waals surface area contributed by atoms with Gasteiger partial charge in [-0.25, -0.2) is 0 Å². The van der Waals surface area contributed by atoms with Crippen molar-refractivity contribution in [2.75, 3.05) is 12.4 Å². The Morgan fingerprint density at radius 3 is 2.44 bits per heavy atom. The van der Waals surface area contributed by atoms with Crippen molar-refractivity contribution in [1.29, 1.82) is 0 Å². The largest absolute Gasteiger partial charge is 0.497 e. The standard InChI is InChI=1S/C15H16ClNO/c1-11-9-13(16)4-3-12(11)10-17-14-5-7-15(18-2)8-6-14/h3-9,17H,10H2,1-2H3. The Labute approximate surface area is 113 Å². The van der Waals surface area contributed by atoms with Gasteiger partial charge in [-0.1, -0.05) is 17.7 Å². The van der Waals surface area contributed by atoms with Crippen molar-refractivity contribution >= 4 is 17.3 Å². The van der Waals surface area contributed by atoms with E-state index in [9.17, 15) is 0 Å². The number of aryl methyl sites for hydroxylation is 1. The van der Waals surface area contributed by atoms with Crippen LogP contribution in [0.25, 0.3) is 0 Å². The summed E-state index contributed by atoms with van der Waals surface area (Å²) in [6, 6.07) is 13.8. The molecule has 0 unspecified atom stereocenters. The lowest BCUT2D eigenvalue weighted by Gasteiger charge is -2.10. The lowest BCUT2D eigenvalue weighted by Crippen LogP contribution is -2.01. The van der Waals surface area contributed by atoms with E-state index in [1.807, 2.05) is 42.5 Å². The quantitative estimate of drug-likeness (QED) is 0.888. The second kappa shape index (κ2) is 5.78. The van der Waals surface area contributed by atoms with Crippen molar-refractivity contribution in [3.05, 3.63) is 58.6 Å². The Kier molecular flexibility index (Phi) is 4.11. The fourth-order valence-electron chi connectivity index (χ4n) is 1.76. The van der Waals surface area contributed by atoms with Gasteiger partial charge >= 0.3 is 0 Å². The van der Waals surface area contributed by atoms with Crippen molar-refractivity contribution in [2.45, 2.75) is 13.5 Å². The Bertz CT molecular complexity index is 523. The van der Waals surface area contributed by atoms with Crippen LogP contribution in [0.4, 0.5) is 5.69 Å². The van der Waals surface area contributed by atoms with E-state index in [0.717, 1.165) is 23.0 Å². The molecule has 0 saturated heterocycles. The van der Waals surface area contributed by atoms with E-state index in [2.05, 4.69) is 12.2 Å². The predicted octanol–water partition coefficient (Wildman–Crippen LogP) is 4.27. The maximum Gasteiger partial charge on any atom is 0.119 e. The predicted molar refractivity (Wildman–Crippen MR) is 76.5 cm³/mol. The fourth-order valence-corrected chi connectivity index (χ4v) is 1.99. The minimum Gasteiger partial charge on any atom is -0.497 e. The fraction of sp³-hybridized carbons (Fsp3) is 0.200. The Morgan fingerprint density at radius 1 is 1.11 bits per heavy atom. The van der Waals surface area contributed by atoms with Crippen LogP contribution in [0.5, 0.6) is 5.75 Å². The van der Waals surface area contributed by atoms with Crippen LogP contribution in [0.1, 0.15) is 11.1 Å². The van der Waals surface area contributed by atoms with Gasteiger partial charge in [0.15, 0.2) is 0 Å². The molecule has 0 aliphatic rings. The van der Waals surface area contributed by atoms with Gasteiger partial charge in [-0.15, -0.1) is 0 Å². The molecule has 0 aliphatic heterocycles. The lowest BCUT2D eigenvalue weighted by atomic mass is 10.1. The van der Waals surface area contributed by atoms with Crippen LogP contribution in [-0.4, -0.2) is 7.11 Å². The summed E-state index contributed by atoms with van der Waals surface area (Å²) < 4.78 is 5.12. The van der Waals surface area contributed by atoms with E-state index in [4.69, 9.17) is 16.3 Å². The van der Waals surface area contributed by atoms with E-state index in [1.165, 1.54) is 11.1 Å². The average molecular weight is 262 g/mol. The first kappa shape index (κ1) is 12.8. The summed E-state index contributed by atoms with van der Waals surface area (Å²) in [5.74, 6) is 0.864. The van der Waals surface area contributed by atoms with Gasteiger partial charge in [0.05, 0.1) is 7.11 Å². The molecule has 0 atom stereocenters. The van der Waals surface area contributed by atoms with Crippen LogP contribution in [-0.2, 0) is 6.54 Å². The van der Waals surface area contributed by atoms with Gasteiger partial charge in [0.2, 0.25) is 0 Å². The van der Waals surface area contributed by atoms with Gasteiger partial charge in [0.25, 0.3) is 0 Å². The van der Waals surface area contributed by atoms with E-state index in [-0.39, 0.29) is 0 Å². The number of ether oxygens (including phenoxy) is 1. The highest BCUT2D eigenvalue weighted by Crippen LogP contribution is 2.18. The third-order valence-corrected chi connectivity index (χ3v) is 3.11. The maximum absolute atomic E-state index is 5.93. The maximum atomic E-state index is 5.93. The van der Waals surface area contributed by atoms with Crippen molar-refractivity contribution in [3.63, 3.8) is 0 Å². The number of hydrogen-bond donors (Lipinski definition) is 1. The molecule has 0 fully saturated rings. The van der Waals surface area contributed by atoms with Crippen LogP contribution >= 0.6 is 11.6 Å². The van der Waals surface area contributed by atoms with Crippen LogP contribution in [0.2, 0.25) is 5.02 Å². The Morgan fingerprint density at radius 2 is 1.83 bits per heavy atom. The van der Waals surface area contributed by atoms with Crippen molar-refractivity contribution in [1.82, 2.24) is 0 Å². The number of halogens is 1. The molecule has 0 aliphatic carbocycles. The van der Waals surface area contributed by atoms with Crippen molar-refractivity contribution in [3.8, 4) is 5.75 Å². The minimum absolute atomic E-state index is 0.778. The highest BCUT2D eigenvalue weighted by Gasteiger charge is 1.99. The van der Waals surface area contributed by atoms with Crippen LogP contribution in [0.3, 0.4) is 0 Å². The number of nitrogens with one attached hydrogen (secondary N) is 1. The van der Waals surface area contributed by atoms with Gasteiger partial charge in [-0.05, 0) is 54.4 Å². The number of benzene rings is 2. The smallest absolute Gasteiger partial charge is 0.119 e. The summed E-state index contributed by atoms with van der Waals surface area (Å²) in [7, 11) is 1.67. The van der Waals surface area contributed by atoms with E-state index in [1.54, 1.807) is 7.11 Å². The summed E-state index contributed by atoms with van der Waals surface area (Å²) in [6.45, 7) is 2.85. The first-order chi connectivity index (χ1) is 8.69. The molecule has 0 amide bonds. The molecule has 0 spiro atoms. The van der Waals surface area contributed by atoms with Crippen LogP contribution < -0.4 is 10.1 Å². The molecule has 2 aromatic rings. The summed E-state index contributed by atoms with van der Waals surface area (Å²) in [5, 5.41) is 4.15. The van der Waals surface area contributed by atoms with E-state index >= 15 is 0 Å². The molecule has 1 N–H and O–H groups in total. The number of rotatable bonds is 4. The summed E-state index contributed by atoms with van der Waals surface area (Å²) in [4.78, 5) is 0. The molecule has 0 aromatic heterocycles. The second-order valence-electron chi connectivity index (χ2n) is 4.15. The normalized spacial score (nSPS) is 10.2. The summed E-state index contributed by atoms with van der Waals surface area (Å²) >= 11 is 5.93. The topological polar surface area (TPSA) is 21.3 Å². The van der Waals surface area contributed by atoms with Crippen molar-refractivity contribution in [2.24, 2.45) is 0 Å². The zero-order chi connectivity index (χ0) is 13.0. The van der Waals surface area contributed by atoms with Gasteiger partial charge in [0.1, 0.15) is 5.75 Å². The number of hydrogen-bond acceptors (Lipinski definition) is 2. The molecule has 94 valence electrons. The second-order valence-corrected chi connectivity index (χ2v) is 4.59. The number of methoxy groups -OCH3 is 1. The SMILES string of the molecule is COc1ccc(NCc2ccc(Cl)cc2C)cc1. The third-order valence-electron chi connectivity index (χ3n) is 2.88. The molecule has 0 radical (unpaired) electrons. The van der Waals surface area contributed by atoms with Crippen LogP contribution in [0, 0.1) is 6.92 Å². The molecule has 18 heavy (non-hydrogen) atoms. The highest BCUT2D eigenvalue weighted by molar-refractivity contribution is 6.30. The molecule has 0 bridgehead atoms. The van der Waals surface area contributed by atoms with Gasteiger partial charge in [-0.3, -0.25) is 0 Å². The average Bonchev–Trinajstić information content (AvgIpc) is 2.38. The van der Waals surface area contributed by atoms with E-state index < -0.39 is 0 Å². The van der Waals surface area contributed by atoms with Crippen molar-refractivity contribution < 1.29 is 4.74 Å². The molecule has 0 heterocycles. The van der Waals surface area contributed by atoms with Gasteiger partial charge in [-0.2, -0.15) is 0 Å². The summed E-state index contributed by atoms with van der Waals surface area (Å²) in [6.07, 6.45) is 0. The molecule has 2 nitrogen and oxygen atoms in total. The first-order valence-corrected chi connectivity index (χ1v) is 6.20. The Hall–Kier alpha value is -1.67. The van der Waals surface area contributed by atoms with E-state index in [0.29, 0.717) is 0 Å². The lowest BCUT2D eigenvalue weighted by molar-refractivity contribution is 0.415.